The highest BCUT2D eigenvalue weighted by Crippen LogP contribution is 2.30. The van der Waals surface area contributed by atoms with Crippen LogP contribution in [0.5, 0.6) is 5.75 Å². The lowest BCUT2D eigenvalue weighted by molar-refractivity contribution is 0.0695. The van der Waals surface area contributed by atoms with E-state index in [0.717, 1.165) is 37.8 Å². The Morgan fingerprint density at radius 2 is 1.74 bits per heavy atom. The molecule has 19 heavy (non-hydrogen) atoms. The second-order valence-corrected chi connectivity index (χ2v) is 5.07. The molecule has 1 saturated carbocycles. The second-order valence-electron chi connectivity index (χ2n) is 5.07. The van der Waals surface area contributed by atoms with Gasteiger partial charge in [0.25, 0.3) is 0 Å². The molecule has 0 amide bonds. The average molecular weight is 270 g/mol. The van der Waals surface area contributed by atoms with E-state index in [9.17, 15) is 13.6 Å². The molecule has 1 aliphatic carbocycles. The number of benzene rings is 1. The fraction of sp³-hybridized carbons (Fsp3) is 0.500. The van der Waals surface area contributed by atoms with Gasteiger partial charge in [0, 0.05) is 0 Å². The van der Waals surface area contributed by atoms with Gasteiger partial charge in [-0.05, 0) is 43.7 Å². The quantitative estimate of drug-likeness (QED) is 0.912. The average Bonchev–Trinajstić information content (AvgIpc) is 2.35. The largest absolute Gasteiger partial charge is 0.484 e. The van der Waals surface area contributed by atoms with Crippen molar-refractivity contribution in [3.05, 3.63) is 29.3 Å². The lowest BCUT2D eigenvalue weighted by Crippen LogP contribution is -2.24. The molecule has 2 rings (SSSR count). The van der Waals surface area contributed by atoms with Crippen LogP contribution in [-0.4, -0.2) is 17.2 Å². The number of carboxylic acids is 1. The molecule has 0 unspecified atom stereocenters. The summed E-state index contributed by atoms with van der Waals surface area (Å²) in [5.41, 5.74) is -0.417. The number of aromatic carboxylic acids is 1. The third kappa shape index (κ3) is 3.22. The molecule has 1 aromatic rings. The Labute approximate surface area is 110 Å². The van der Waals surface area contributed by atoms with Gasteiger partial charge in [0.1, 0.15) is 0 Å². The molecule has 1 fully saturated rings. The predicted octanol–water partition coefficient (Wildman–Crippen LogP) is 3.62. The molecular weight excluding hydrogens is 254 g/mol. The van der Waals surface area contributed by atoms with E-state index in [1.807, 2.05) is 0 Å². The zero-order chi connectivity index (χ0) is 14.0. The molecule has 0 heterocycles. The highest BCUT2D eigenvalue weighted by Gasteiger charge is 2.23. The van der Waals surface area contributed by atoms with Gasteiger partial charge in [-0.3, -0.25) is 0 Å². The van der Waals surface area contributed by atoms with Gasteiger partial charge in [0.15, 0.2) is 17.4 Å². The summed E-state index contributed by atoms with van der Waals surface area (Å²) in [5, 5.41) is 8.70. The topological polar surface area (TPSA) is 46.5 Å². The fourth-order valence-corrected chi connectivity index (χ4v) is 2.31. The zero-order valence-corrected chi connectivity index (χ0v) is 10.7. The summed E-state index contributed by atoms with van der Waals surface area (Å²) in [6.45, 7) is 2.14. The maximum Gasteiger partial charge on any atom is 0.335 e. The summed E-state index contributed by atoms with van der Waals surface area (Å²) < 4.78 is 32.7. The van der Waals surface area contributed by atoms with E-state index < -0.39 is 28.9 Å². The monoisotopic (exact) mass is 270 g/mol. The van der Waals surface area contributed by atoms with Crippen LogP contribution >= 0.6 is 0 Å². The maximum absolute atomic E-state index is 13.7. The van der Waals surface area contributed by atoms with Crippen LogP contribution in [0.3, 0.4) is 0 Å². The van der Waals surface area contributed by atoms with Crippen molar-refractivity contribution in [1.29, 1.82) is 0 Å². The van der Waals surface area contributed by atoms with E-state index >= 15 is 0 Å². The van der Waals surface area contributed by atoms with Crippen LogP contribution < -0.4 is 4.74 Å². The van der Waals surface area contributed by atoms with E-state index in [1.54, 1.807) is 0 Å². The Kier molecular flexibility index (Phi) is 4.02. The minimum Gasteiger partial charge on any atom is -0.484 e. The van der Waals surface area contributed by atoms with Gasteiger partial charge in [-0.15, -0.1) is 0 Å². The van der Waals surface area contributed by atoms with Crippen LogP contribution in [0, 0.1) is 17.6 Å². The molecule has 104 valence electrons. The first kappa shape index (κ1) is 13.8. The van der Waals surface area contributed by atoms with Crippen molar-refractivity contribution in [3.63, 3.8) is 0 Å². The van der Waals surface area contributed by atoms with Crippen molar-refractivity contribution >= 4 is 5.97 Å². The number of ether oxygens (including phenoxy) is 1. The molecular formula is C14H16F2O3. The van der Waals surface area contributed by atoms with E-state index in [0.29, 0.717) is 5.92 Å². The van der Waals surface area contributed by atoms with Gasteiger partial charge in [-0.2, -0.15) is 0 Å². The molecule has 0 radical (unpaired) electrons. The van der Waals surface area contributed by atoms with E-state index in [1.165, 1.54) is 0 Å². The van der Waals surface area contributed by atoms with Crippen LogP contribution in [0.4, 0.5) is 8.78 Å². The Balaban J connectivity index is 2.14. The number of hydrogen-bond donors (Lipinski definition) is 1. The number of hydrogen-bond acceptors (Lipinski definition) is 2. The van der Waals surface area contributed by atoms with Crippen LogP contribution in [0.2, 0.25) is 0 Å². The van der Waals surface area contributed by atoms with Crippen molar-refractivity contribution in [1.82, 2.24) is 0 Å². The minimum atomic E-state index is -1.36. The van der Waals surface area contributed by atoms with Gasteiger partial charge in [0.05, 0.1) is 11.7 Å². The molecule has 0 aliphatic heterocycles. The Bertz CT molecular complexity index is 457. The third-order valence-electron chi connectivity index (χ3n) is 3.49. The van der Waals surface area contributed by atoms with Crippen LogP contribution in [-0.2, 0) is 0 Å². The Morgan fingerprint density at radius 3 is 2.21 bits per heavy atom. The van der Waals surface area contributed by atoms with Crippen molar-refractivity contribution in [2.24, 2.45) is 5.92 Å². The highest BCUT2D eigenvalue weighted by molar-refractivity contribution is 5.87. The van der Waals surface area contributed by atoms with Crippen molar-refractivity contribution in [2.45, 2.75) is 38.7 Å². The predicted molar refractivity (Wildman–Crippen MR) is 65.4 cm³/mol. The Morgan fingerprint density at radius 1 is 1.21 bits per heavy atom. The normalized spacial score (nSPS) is 23.1. The van der Waals surface area contributed by atoms with E-state index in [4.69, 9.17) is 9.84 Å². The SMILES string of the molecule is CC1CCC(Oc2c(F)cc(C(=O)O)cc2F)CC1. The zero-order valence-electron chi connectivity index (χ0n) is 10.7. The first-order valence-electron chi connectivity index (χ1n) is 6.36. The summed E-state index contributed by atoms with van der Waals surface area (Å²) in [4.78, 5) is 10.7. The maximum atomic E-state index is 13.7. The molecule has 5 heteroatoms. The second kappa shape index (κ2) is 5.55. The van der Waals surface area contributed by atoms with Gasteiger partial charge in [-0.1, -0.05) is 6.92 Å². The smallest absolute Gasteiger partial charge is 0.335 e. The van der Waals surface area contributed by atoms with Gasteiger partial charge < -0.3 is 9.84 Å². The van der Waals surface area contributed by atoms with Gasteiger partial charge in [0.2, 0.25) is 0 Å². The third-order valence-corrected chi connectivity index (χ3v) is 3.49. The summed E-state index contributed by atoms with van der Waals surface area (Å²) in [7, 11) is 0. The molecule has 1 aliphatic rings. The first-order valence-corrected chi connectivity index (χ1v) is 6.36. The number of halogens is 2. The molecule has 0 atom stereocenters. The fourth-order valence-electron chi connectivity index (χ4n) is 2.31. The van der Waals surface area contributed by atoms with Crippen LogP contribution in [0.25, 0.3) is 0 Å². The summed E-state index contributed by atoms with van der Waals surface area (Å²) in [6.07, 6.45) is 3.28. The lowest BCUT2D eigenvalue weighted by atomic mass is 9.89. The molecule has 0 bridgehead atoms. The van der Waals surface area contributed by atoms with E-state index in [2.05, 4.69) is 6.92 Å². The molecule has 0 saturated heterocycles. The minimum absolute atomic E-state index is 0.198. The van der Waals surface area contributed by atoms with Crippen LogP contribution in [0.15, 0.2) is 12.1 Å². The number of rotatable bonds is 3. The standard InChI is InChI=1S/C14H16F2O3/c1-8-2-4-10(5-3-8)19-13-11(15)6-9(14(17)18)7-12(13)16/h6-8,10H,2-5H2,1H3,(H,17,18). The number of carbonyl (C=O) groups is 1. The van der Waals surface area contributed by atoms with Crippen molar-refractivity contribution in [2.75, 3.05) is 0 Å². The molecule has 0 spiro atoms. The van der Waals surface area contributed by atoms with Gasteiger partial charge in [-0.25, -0.2) is 13.6 Å². The van der Waals surface area contributed by atoms with Gasteiger partial charge >= 0.3 is 5.97 Å². The highest BCUT2D eigenvalue weighted by atomic mass is 19.1. The van der Waals surface area contributed by atoms with Crippen LogP contribution in [0.1, 0.15) is 43.0 Å². The molecule has 0 aromatic heterocycles. The lowest BCUT2D eigenvalue weighted by Gasteiger charge is -2.27. The van der Waals surface area contributed by atoms with E-state index in [-0.39, 0.29) is 6.10 Å². The van der Waals surface area contributed by atoms with Crippen molar-refractivity contribution in [3.8, 4) is 5.75 Å². The Hall–Kier alpha value is -1.65. The summed E-state index contributed by atoms with van der Waals surface area (Å²) in [5.74, 6) is -3.14. The summed E-state index contributed by atoms with van der Waals surface area (Å²) >= 11 is 0. The summed E-state index contributed by atoms with van der Waals surface area (Å²) in [6, 6.07) is 1.57. The molecule has 1 aromatic carbocycles. The first-order chi connectivity index (χ1) is 8.97. The molecule has 1 N–H and O–H groups in total. The van der Waals surface area contributed by atoms with Crippen molar-refractivity contribution < 1.29 is 23.4 Å². The molecule has 3 nitrogen and oxygen atoms in total. The number of carboxylic acid groups (broad SMARTS) is 1.